The summed E-state index contributed by atoms with van der Waals surface area (Å²) < 4.78 is 5.03. The van der Waals surface area contributed by atoms with Crippen molar-refractivity contribution in [2.24, 2.45) is 0 Å². The first-order valence-corrected chi connectivity index (χ1v) is 6.07. The van der Waals surface area contributed by atoms with Gasteiger partial charge in [0.25, 0.3) is 0 Å². The zero-order valence-corrected chi connectivity index (χ0v) is 9.97. The van der Waals surface area contributed by atoms with Gasteiger partial charge < -0.3 is 4.74 Å². The average molecular weight is 224 g/mol. The van der Waals surface area contributed by atoms with Gasteiger partial charge in [-0.3, -0.25) is 4.79 Å². The summed E-state index contributed by atoms with van der Waals surface area (Å²) in [6, 6.07) is 7.24. The summed E-state index contributed by atoms with van der Waals surface area (Å²) in [4.78, 5) is 11.6. The largest absolute Gasteiger partial charge is 0.497 e. The number of benzene rings is 1. The summed E-state index contributed by atoms with van der Waals surface area (Å²) in [6.07, 6.45) is 2.22. The molecule has 1 aromatic carbocycles. The lowest BCUT2D eigenvalue weighted by Gasteiger charge is -2.02. The lowest BCUT2D eigenvalue weighted by Crippen LogP contribution is -1.95. The zero-order valence-electron chi connectivity index (χ0n) is 9.16. The van der Waals surface area contributed by atoms with Crippen LogP contribution in [0.4, 0.5) is 0 Å². The highest BCUT2D eigenvalue weighted by Crippen LogP contribution is 2.17. The van der Waals surface area contributed by atoms with Gasteiger partial charge in [0, 0.05) is 11.3 Å². The summed E-state index contributed by atoms with van der Waals surface area (Å²) in [5.74, 6) is 1.69. The standard InChI is InChI=1S/C12H16O2S/c1-3-4-9-15-12(13)10-5-7-11(14-2)8-6-10/h5-8H,3-4,9H2,1-2H3. The van der Waals surface area contributed by atoms with Crippen molar-refractivity contribution in [1.82, 2.24) is 0 Å². The third-order valence-corrected chi connectivity index (χ3v) is 3.05. The second-order valence-corrected chi connectivity index (χ2v) is 4.29. The SMILES string of the molecule is CCCCSC(=O)c1ccc(OC)cc1. The van der Waals surface area contributed by atoms with E-state index in [1.807, 2.05) is 12.1 Å². The summed E-state index contributed by atoms with van der Waals surface area (Å²) in [6.45, 7) is 2.12. The number of hydrogen-bond donors (Lipinski definition) is 0. The van der Waals surface area contributed by atoms with Crippen LogP contribution in [0.1, 0.15) is 30.1 Å². The van der Waals surface area contributed by atoms with E-state index >= 15 is 0 Å². The van der Waals surface area contributed by atoms with Crippen LogP contribution in [-0.4, -0.2) is 18.0 Å². The normalized spacial score (nSPS) is 10.0. The summed E-state index contributed by atoms with van der Waals surface area (Å²) in [5, 5.41) is 0.145. The van der Waals surface area contributed by atoms with Gasteiger partial charge in [0.15, 0.2) is 0 Å². The van der Waals surface area contributed by atoms with Crippen molar-refractivity contribution in [3.05, 3.63) is 29.8 Å². The Hall–Kier alpha value is -0.960. The molecule has 0 atom stereocenters. The maximum atomic E-state index is 11.6. The molecule has 0 unspecified atom stereocenters. The second-order valence-electron chi connectivity index (χ2n) is 3.22. The molecule has 0 fully saturated rings. The predicted octanol–water partition coefficient (Wildman–Crippen LogP) is 3.37. The Kier molecular flexibility index (Phi) is 5.26. The van der Waals surface area contributed by atoms with Crippen LogP contribution in [0.15, 0.2) is 24.3 Å². The van der Waals surface area contributed by atoms with Crippen molar-refractivity contribution < 1.29 is 9.53 Å². The molecule has 1 rings (SSSR count). The minimum atomic E-state index is 0.145. The van der Waals surface area contributed by atoms with E-state index < -0.39 is 0 Å². The monoisotopic (exact) mass is 224 g/mol. The number of ether oxygens (including phenoxy) is 1. The second kappa shape index (κ2) is 6.51. The Bertz CT molecular complexity index is 306. The lowest BCUT2D eigenvalue weighted by atomic mass is 10.2. The van der Waals surface area contributed by atoms with Gasteiger partial charge in [-0.25, -0.2) is 0 Å². The fraction of sp³-hybridized carbons (Fsp3) is 0.417. The fourth-order valence-corrected chi connectivity index (χ4v) is 2.04. The van der Waals surface area contributed by atoms with Gasteiger partial charge >= 0.3 is 0 Å². The van der Waals surface area contributed by atoms with Gasteiger partial charge in [0.1, 0.15) is 5.75 Å². The van der Waals surface area contributed by atoms with Crippen LogP contribution < -0.4 is 4.74 Å². The number of thioether (sulfide) groups is 1. The van der Waals surface area contributed by atoms with Crippen molar-refractivity contribution >= 4 is 16.9 Å². The first kappa shape index (κ1) is 12.1. The smallest absolute Gasteiger partial charge is 0.219 e. The first-order chi connectivity index (χ1) is 7.27. The van der Waals surface area contributed by atoms with Crippen molar-refractivity contribution in [2.45, 2.75) is 19.8 Å². The van der Waals surface area contributed by atoms with E-state index in [1.165, 1.54) is 11.8 Å². The Labute approximate surface area is 95.0 Å². The molecule has 0 radical (unpaired) electrons. The topological polar surface area (TPSA) is 26.3 Å². The molecule has 0 aliphatic rings. The number of hydrogen-bond acceptors (Lipinski definition) is 3. The van der Waals surface area contributed by atoms with Gasteiger partial charge in [-0.2, -0.15) is 0 Å². The van der Waals surface area contributed by atoms with Crippen LogP contribution in [0.3, 0.4) is 0 Å². The van der Waals surface area contributed by atoms with Crippen molar-refractivity contribution in [1.29, 1.82) is 0 Å². The number of carbonyl (C=O) groups excluding carboxylic acids is 1. The first-order valence-electron chi connectivity index (χ1n) is 5.09. The van der Waals surface area contributed by atoms with Crippen molar-refractivity contribution in [3.8, 4) is 5.75 Å². The van der Waals surface area contributed by atoms with E-state index in [2.05, 4.69) is 6.92 Å². The molecule has 0 N–H and O–H groups in total. The third kappa shape index (κ3) is 3.96. The minimum Gasteiger partial charge on any atom is -0.497 e. The predicted molar refractivity (Wildman–Crippen MR) is 64.7 cm³/mol. The molecule has 15 heavy (non-hydrogen) atoms. The highest BCUT2D eigenvalue weighted by molar-refractivity contribution is 8.14. The molecular formula is C12H16O2S. The molecule has 0 aliphatic carbocycles. The van der Waals surface area contributed by atoms with Crippen LogP contribution in [0.2, 0.25) is 0 Å². The lowest BCUT2D eigenvalue weighted by molar-refractivity contribution is 0.108. The highest BCUT2D eigenvalue weighted by atomic mass is 32.2. The number of unbranched alkanes of at least 4 members (excludes halogenated alkanes) is 1. The maximum absolute atomic E-state index is 11.6. The Balaban J connectivity index is 2.50. The van der Waals surface area contributed by atoms with Gasteiger partial charge in [-0.15, -0.1) is 0 Å². The summed E-state index contributed by atoms with van der Waals surface area (Å²) >= 11 is 1.39. The molecule has 1 aromatic rings. The molecule has 82 valence electrons. The quantitative estimate of drug-likeness (QED) is 0.717. The van der Waals surface area contributed by atoms with Gasteiger partial charge in [0.05, 0.1) is 7.11 Å². The van der Waals surface area contributed by atoms with Crippen LogP contribution in [0.25, 0.3) is 0 Å². The van der Waals surface area contributed by atoms with E-state index in [9.17, 15) is 4.79 Å². The third-order valence-electron chi connectivity index (χ3n) is 2.06. The van der Waals surface area contributed by atoms with Gasteiger partial charge in [-0.05, 0) is 30.7 Å². The Morgan fingerprint density at radius 2 is 2.00 bits per heavy atom. The van der Waals surface area contributed by atoms with E-state index in [-0.39, 0.29) is 5.12 Å². The molecule has 0 aromatic heterocycles. The van der Waals surface area contributed by atoms with E-state index in [4.69, 9.17) is 4.74 Å². The Morgan fingerprint density at radius 1 is 1.33 bits per heavy atom. The zero-order chi connectivity index (χ0) is 11.1. The van der Waals surface area contributed by atoms with Gasteiger partial charge in [0.2, 0.25) is 5.12 Å². The van der Waals surface area contributed by atoms with Crippen molar-refractivity contribution in [2.75, 3.05) is 12.9 Å². The van der Waals surface area contributed by atoms with Crippen LogP contribution in [0.5, 0.6) is 5.75 Å². The highest BCUT2D eigenvalue weighted by Gasteiger charge is 2.05. The summed E-state index contributed by atoms with van der Waals surface area (Å²) in [5.41, 5.74) is 0.747. The molecule has 0 saturated heterocycles. The molecule has 0 amide bonds. The van der Waals surface area contributed by atoms with E-state index in [0.717, 1.165) is 29.9 Å². The number of carbonyl (C=O) groups is 1. The van der Waals surface area contributed by atoms with Gasteiger partial charge in [-0.1, -0.05) is 25.1 Å². The molecule has 0 bridgehead atoms. The van der Waals surface area contributed by atoms with E-state index in [1.54, 1.807) is 19.2 Å². The van der Waals surface area contributed by atoms with Crippen molar-refractivity contribution in [3.63, 3.8) is 0 Å². The van der Waals surface area contributed by atoms with Crippen LogP contribution >= 0.6 is 11.8 Å². The molecule has 0 heterocycles. The molecule has 2 nitrogen and oxygen atoms in total. The molecule has 0 saturated carbocycles. The van der Waals surface area contributed by atoms with Crippen LogP contribution in [0, 0.1) is 0 Å². The maximum Gasteiger partial charge on any atom is 0.219 e. The Morgan fingerprint density at radius 3 is 2.53 bits per heavy atom. The summed E-state index contributed by atoms with van der Waals surface area (Å²) in [7, 11) is 1.62. The average Bonchev–Trinajstić information content (AvgIpc) is 2.29. The fourth-order valence-electron chi connectivity index (χ4n) is 1.12. The number of methoxy groups -OCH3 is 1. The van der Waals surface area contributed by atoms with Crippen LogP contribution in [-0.2, 0) is 0 Å². The number of rotatable bonds is 5. The minimum absolute atomic E-state index is 0.145. The molecule has 0 aliphatic heterocycles. The molecule has 3 heteroatoms. The molecule has 0 spiro atoms. The molecular weight excluding hydrogens is 208 g/mol. The van der Waals surface area contributed by atoms with E-state index in [0.29, 0.717) is 0 Å².